The average molecular weight is 389 g/mol. The number of aliphatic hydroxyl groups is 1. The molecule has 0 aromatic heterocycles. The number of benzene rings is 2. The smallest absolute Gasteiger partial charge is 0.181 e. The molecule has 1 saturated carbocycles. The van der Waals surface area contributed by atoms with Crippen molar-refractivity contribution in [2.75, 3.05) is 0 Å². The van der Waals surface area contributed by atoms with Gasteiger partial charge < -0.3 is 5.11 Å². The van der Waals surface area contributed by atoms with E-state index < -0.39 is 27.9 Å². The molecule has 0 aliphatic heterocycles. The highest BCUT2D eigenvalue weighted by molar-refractivity contribution is 7.95. The molecule has 140 valence electrons. The molecule has 0 heterocycles. The molecular weight excluding hydrogens is 360 g/mol. The van der Waals surface area contributed by atoms with Crippen LogP contribution >= 0.6 is 0 Å². The summed E-state index contributed by atoms with van der Waals surface area (Å²) in [6.07, 6.45) is 2.07. The topological polar surface area (TPSA) is 54.4 Å². The summed E-state index contributed by atoms with van der Waals surface area (Å²) in [4.78, 5) is 0.382. The Bertz CT molecular complexity index is 849. The second-order valence-electron chi connectivity index (χ2n) is 8.62. The van der Waals surface area contributed by atoms with Gasteiger partial charge in [-0.25, -0.2) is 8.42 Å². The first kappa shape index (κ1) is 19.3. The summed E-state index contributed by atoms with van der Waals surface area (Å²) in [7, 11) is -5.56. The fraction of sp³-hybridized carbons (Fsp3) is 0.429. The monoisotopic (exact) mass is 388 g/mol. The van der Waals surface area contributed by atoms with Crippen molar-refractivity contribution in [1.29, 1.82) is 0 Å². The zero-order chi connectivity index (χ0) is 19.1. The van der Waals surface area contributed by atoms with E-state index in [1.165, 1.54) is 5.56 Å². The van der Waals surface area contributed by atoms with Gasteiger partial charge >= 0.3 is 0 Å². The molecule has 0 spiro atoms. The van der Waals surface area contributed by atoms with Crippen LogP contribution in [-0.4, -0.2) is 31.6 Å². The molecule has 26 heavy (non-hydrogen) atoms. The first-order chi connectivity index (χ1) is 12.1. The molecule has 1 aliphatic rings. The van der Waals surface area contributed by atoms with Crippen molar-refractivity contribution in [3.05, 3.63) is 66.2 Å². The van der Waals surface area contributed by atoms with Crippen molar-refractivity contribution in [2.45, 2.75) is 60.2 Å². The maximum atomic E-state index is 13.5. The molecule has 1 fully saturated rings. The minimum atomic E-state index is -3.47. The summed E-state index contributed by atoms with van der Waals surface area (Å²) in [5.41, 5.74) is 0.287. The van der Waals surface area contributed by atoms with Crippen LogP contribution in [0.2, 0.25) is 19.6 Å². The molecule has 0 bridgehead atoms. The van der Waals surface area contributed by atoms with E-state index in [4.69, 9.17) is 0 Å². The van der Waals surface area contributed by atoms with Crippen LogP contribution in [0.3, 0.4) is 0 Å². The van der Waals surface area contributed by atoms with Gasteiger partial charge in [-0.3, -0.25) is 0 Å². The Morgan fingerprint density at radius 2 is 1.42 bits per heavy atom. The molecule has 1 N–H and O–H groups in total. The highest BCUT2D eigenvalue weighted by Crippen LogP contribution is 2.55. The Morgan fingerprint density at radius 3 is 1.92 bits per heavy atom. The Morgan fingerprint density at radius 1 is 0.923 bits per heavy atom. The van der Waals surface area contributed by atoms with Crippen molar-refractivity contribution in [2.24, 2.45) is 0 Å². The number of aryl methyl sites for hydroxylation is 1. The van der Waals surface area contributed by atoms with Crippen molar-refractivity contribution in [3.8, 4) is 0 Å². The molecule has 0 atom stereocenters. The molecule has 1 aliphatic carbocycles. The third-order valence-corrected chi connectivity index (χ3v) is 13.8. The zero-order valence-electron chi connectivity index (χ0n) is 15.8. The molecular formula is C21H28O3SSi. The number of hydrogen-bond acceptors (Lipinski definition) is 3. The molecule has 0 radical (unpaired) electrons. The van der Waals surface area contributed by atoms with Gasteiger partial charge in [0, 0.05) is 0 Å². The molecule has 3 nitrogen and oxygen atoms in total. The lowest BCUT2D eigenvalue weighted by Gasteiger charge is -2.58. The van der Waals surface area contributed by atoms with Crippen LogP contribution in [-0.2, 0) is 16.3 Å². The highest BCUT2D eigenvalue weighted by Gasteiger charge is 2.66. The zero-order valence-corrected chi connectivity index (χ0v) is 17.6. The third kappa shape index (κ3) is 3.28. The highest BCUT2D eigenvalue weighted by atomic mass is 32.2. The molecule has 3 rings (SSSR count). The quantitative estimate of drug-likeness (QED) is 0.753. The van der Waals surface area contributed by atoms with E-state index in [0.29, 0.717) is 24.2 Å². The molecule has 5 heteroatoms. The van der Waals surface area contributed by atoms with E-state index in [0.717, 1.165) is 6.42 Å². The van der Waals surface area contributed by atoms with Gasteiger partial charge in [0.05, 0.1) is 22.9 Å². The van der Waals surface area contributed by atoms with Gasteiger partial charge in [-0.15, -0.1) is 0 Å². The van der Waals surface area contributed by atoms with Crippen LogP contribution in [0, 0.1) is 0 Å². The molecule has 0 saturated heterocycles. The normalized spacial score (nSPS) is 26.3. The standard InChI is InChI=1S/C21H28O3SSi/c1-26(2,3)21(25(23,24)19-12-8-5-9-13-19)16-20(22,17-21)15-14-18-10-6-4-7-11-18/h4-13,22H,14-17H2,1-3H3. The van der Waals surface area contributed by atoms with Gasteiger partial charge in [0.15, 0.2) is 9.84 Å². The van der Waals surface area contributed by atoms with Gasteiger partial charge in [0.1, 0.15) is 0 Å². The van der Waals surface area contributed by atoms with Crippen LogP contribution in [0.5, 0.6) is 0 Å². The van der Waals surface area contributed by atoms with Crippen molar-refractivity contribution >= 4 is 17.9 Å². The van der Waals surface area contributed by atoms with E-state index >= 15 is 0 Å². The van der Waals surface area contributed by atoms with Gasteiger partial charge in [0.25, 0.3) is 0 Å². The Kier molecular flexibility index (Phi) is 4.92. The lowest BCUT2D eigenvalue weighted by Crippen LogP contribution is -2.71. The summed E-state index contributed by atoms with van der Waals surface area (Å²) in [6.45, 7) is 6.30. The van der Waals surface area contributed by atoms with Crippen LogP contribution < -0.4 is 0 Å². The number of sulfone groups is 1. The van der Waals surface area contributed by atoms with Crippen LogP contribution in [0.4, 0.5) is 0 Å². The Labute approximate surface area is 158 Å². The van der Waals surface area contributed by atoms with E-state index in [-0.39, 0.29) is 0 Å². The fourth-order valence-corrected chi connectivity index (χ4v) is 11.3. The predicted octanol–water partition coefficient (Wildman–Crippen LogP) is 4.23. The summed E-state index contributed by atoms with van der Waals surface area (Å²) >= 11 is 0. The van der Waals surface area contributed by atoms with Crippen molar-refractivity contribution in [3.63, 3.8) is 0 Å². The summed E-state index contributed by atoms with van der Waals surface area (Å²) in [6, 6.07) is 18.8. The van der Waals surface area contributed by atoms with Crippen molar-refractivity contribution in [1.82, 2.24) is 0 Å². The number of rotatable bonds is 6. The van der Waals surface area contributed by atoms with Gasteiger partial charge in [-0.1, -0.05) is 68.2 Å². The SMILES string of the molecule is C[Si](C)(C)C1(S(=O)(=O)c2ccccc2)CC(O)(CCc2ccccc2)C1. The average Bonchev–Trinajstić information content (AvgIpc) is 2.58. The van der Waals surface area contributed by atoms with Crippen LogP contribution in [0.25, 0.3) is 0 Å². The minimum Gasteiger partial charge on any atom is -0.390 e. The third-order valence-electron chi connectivity index (χ3n) is 5.89. The van der Waals surface area contributed by atoms with Gasteiger partial charge in [-0.2, -0.15) is 0 Å². The van der Waals surface area contributed by atoms with Crippen molar-refractivity contribution < 1.29 is 13.5 Å². The summed E-state index contributed by atoms with van der Waals surface area (Å²) < 4.78 is 26.1. The molecule has 0 unspecified atom stereocenters. The second-order valence-corrected chi connectivity index (χ2v) is 16.7. The summed E-state index contributed by atoms with van der Waals surface area (Å²) in [5.74, 6) is 0. The minimum absolute atomic E-state index is 0.347. The molecule has 2 aromatic carbocycles. The van der Waals surface area contributed by atoms with Crippen LogP contribution in [0.1, 0.15) is 24.8 Å². The lowest BCUT2D eigenvalue weighted by atomic mass is 9.75. The maximum Gasteiger partial charge on any atom is 0.181 e. The van der Waals surface area contributed by atoms with Gasteiger partial charge in [-0.05, 0) is 43.4 Å². The van der Waals surface area contributed by atoms with E-state index in [1.807, 2.05) is 24.3 Å². The molecule has 0 amide bonds. The van der Waals surface area contributed by atoms with E-state index in [2.05, 4.69) is 31.8 Å². The predicted molar refractivity (Wildman–Crippen MR) is 109 cm³/mol. The van der Waals surface area contributed by atoms with Crippen LogP contribution in [0.15, 0.2) is 65.6 Å². The largest absolute Gasteiger partial charge is 0.390 e. The first-order valence-corrected chi connectivity index (χ1v) is 14.1. The fourth-order valence-electron chi connectivity index (χ4n) is 4.16. The first-order valence-electron chi connectivity index (χ1n) is 9.16. The second kappa shape index (κ2) is 6.62. The van der Waals surface area contributed by atoms with E-state index in [9.17, 15) is 13.5 Å². The Hall–Kier alpha value is -1.43. The molecule has 2 aromatic rings. The van der Waals surface area contributed by atoms with Gasteiger partial charge in [0.2, 0.25) is 0 Å². The summed E-state index contributed by atoms with van der Waals surface area (Å²) in [5, 5.41) is 11.0. The Balaban J connectivity index is 1.84. The maximum absolute atomic E-state index is 13.5. The number of hydrogen-bond donors (Lipinski definition) is 1. The lowest BCUT2D eigenvalue weighted by molar-refractivity contribution is -0.0496. The van der Waals surface area contributed by atoms with E-state index in [1.54, 1.807) is 24.3 Å².